The minimum Gasteiger partial charge on any atom is -0.355 e. The van der Waals surface area contributed by atoms with E-state index in [-0.39, 0.29) is 0 Å². The van der Waals surface area contributed by atoms with E-state index in [4.69, 9.17) is 11.6 Å². The predicted octanol–water partition coefficient (Wildman–Crippen LogP) is 0.786. The van der Waals surface area contributed by atoms with Gasteiger partial charge < -0.3 is 10.2 Å². The van der Waals surface area contributed by atoms with Crippen LogP contribution in [0.3, 0.4) is 0 Å². The fraction of sp³-hybridized carbons (Fsp3) is 0.600. The summed E-state index contributed by atoms with van der Waals surface area (Å²) >= 11 is 6.08. The van der Waals surface area contributed by atoms with Crippen LogP contribution in [-0.2, 0) is 0 Å². The molecule has 2 atom stereocenters. The van der Waals surface area contributed by atoms with E-state index in [1.165, 1.54) is 0 Å². The molecule has 2 unspecified atom stereocenters. The summed E-state index contributed by atoms with van der Waals surface area (Å²) < 4.78 is 0. The number of nitrogens with one attached hydrogen (secondary N) is 1. The second-order valence-corrected chi connectivity index (χ2v) is 4.68. The van der Waals surface area contributed by atoms with Gasteiger partial charge in [-0.25, -0.2) is 9.97 Å². The third kappa shape index (κ3) is 1.58. The number of hydrogen-bond donors (Lipinski definition) is 1. The standard InChI is InChI=1S/C10H13ClN4/c11-9-3-13-6-14-10(9)15-4-7-1-12-2-8(7)5-15/h3,6-8,12H,1-2,4-5H2. The number of hydrogen-bond acceptors (Lipinski definition) is 4. The van der Waals surface area contributed by atoms with Gasteiger partial charge in [0.25, 0.3) is 0 Å². The van der Waals surface area contributed by atoms with Crippen LogP contribution in [-0.4, -0.2) is 36.1 Å². The number of halogens is 1. The van der Waals surface area contributed by atoms with E-state index >= 15 is 0 Å². The molecule has 3 rings (SSSR count). The van der Waals surface area contributed by atoms with Crippen LogP contribution in [0.2, 0.25) is 5.02 Å². The highest BCUT2D eigenvalue weighted by Crippen LogP contribution is 2.32. The summed E-state index contributed by atoms with van der Waals surface area (Å²) in [6, 6.07) is 0. The summed E-state index contributed by atoms with van der Waals surface area (Å²) in [5, 5.41) is 4.08. The zero-order valence-electron chi connectivity index (χ0n) is 8.36. The lowest BCUT2D eigenvalue weighted by Crippen LogP contribution is -2.26. The number of anilines is 1. The third-order valence-electron chi connectivity index (χ3n) is 3.34. The molecular formula is C10H13ClN4. The molecule has 0 saturated carbocycles. The number of nitrogens with zero attached hydrogens (tertiary/aromatic N) is 3. The molecule has 0 radical (unpaired) electrons. The minimum absolute atomic E-state index is 0.658. The summed E-state index contributed by atoms with van der Waals surface area (Å²) in [5.41, 5.74) is 0. The van der Waals surface area contributed by atoms with E-state index in [0.717, 1.165) is 43.8 Å². The van der Waals surface area contributed by atoms with Crippen molar-refractivity contribution in [2.75, 3.05) is 31.1 Å². The Hall–Kier alpha value is -0.870. The number of rotatable bonds is 1. The van der Waals surface area contributed by atoms with Crippen molar-refractivity contribution in [1.29, 1.82) is 0 Å². The molecule has 2 aliphatic rings. The molecule has 1 aromatic rings. The maximum atomic E-state index is 6.08. The Morgan fingerprint density at radius 1 is 1.33 bits per heavy atom. The smallest absolute Gasteiger partial charge is 0.150 e. The third-order valence-corrected chi connectivity index (χ3v) is 3.60. The van der Waals surface area contributed by atoms with Crippen LogP contribution < -0.4 is 10.2 Å². The van der Waals surface area contributed by atoms with E-state index in [0.29, 0.717) is 5.02 Å². The van der Waals surface area contributed by atoms with Gasteiger partial charge in [0.2, 0.25) is 0 Å². The Morgan fingerprint density at radius 2 is 2.07 bits per heavy atom. The van der Waals surface area contributed by atoms with Crippen molar-refractivity contribution in [1.82, 2.24) is 15.3 Å². The number of aromatic nitrogens is 2. The van der Waals surface area contributed by atoms with Crippen molar-refractivity contribution in [2.45, 2.75) is 0 Å². The Balaban J connectivity index is 1.82. The van der Waals surface area contributed by atoms with Gasteiger partial charge in [-0.1, -0.05) is 11.6 Å². The van der Waals surface area contributed by atoms with E-state index in [1.54, 1.807) is 12.5 Å². The second kappa shape index (κ2) is 3.61. The summed E-state index contributed by atoms with van der Waals surface area (Å²) in [7, 11) is 0. The van der Waals surface area contributed by atoms with Crippen molar-refractivity contribution < 1.29 is 0 Å². The number of fused-ring (bicyclic) bond motifs is 1. The topological polar surface area (TPSA) is 41.1 Å². The van der Waals surface area contributed by atoms with Gasteiger partial charge in [0, 0.05) is 26.2 Å². The van der Waals surface area contributed by atoms with Crippen LogP contribution in [0, 0.1) is 11.8 Å². The largest absolute Gasteiger partial charge is 0.355 e. The van der Waals surface area contributed by atoms with Gasteiger partial charge in [0.1, 0.15) is 11.3 Å². The maximum absolute atomic E-state index is 6.08. The molecule has 0 aromatic carbocycles. The highest BCUT2D eigenvalue weighted by Gasteiger charge is 2.37. The fourth-order valence-corrected chi connectivity index (χ4v) is 2.79. The van der Waals surface area contributed by atoms with Gasteiger partial charge >= 0.3 is 0 Å². The molecule has 3 heterocycles. The molecule has 4 nitrogen and oxygen atoms in total. The molecule has 0 bridgehead atoms. The van der Waals surface area contributed by atoms with Crippen molar-refractivity contribution in [3.05, 3.63) is 17.5 Å². The predicted molar refractivity (Wildman–Crippen MR) is 59.1 cm³/mol. The summed E-state index contributed by atoms with van der Waals surface area (Å²) in [5.74, 6) is 2.41. The van der Waals surface area contributed by atoms with Crippen molar-refractivity contribution in [3.63, 3.8) is 0 Å². The van der Waals surface area contributed by atoms with Crippen LogP contribution in [0.25, 0.3) is 0 Å². The Bertz CT molecular complexity index is 358. The highest BCUT2D eigenvalue weighted by molar-refractivity contribution is 6.32. The summed E-state index contributed by atoms with van der Waals surface area (Å²) in [6.45, 7) is 4.39. The van der Waals surface area contributed by atoms with Crippen LogP contribution in [0.5, 0.6) is 0 Å². The molecule has 15 heavy (non-hydrogen) atoms. The van der Waals surface area contributed by atoms with Crippen LogP contribution in [0.1, 0.15) is 0 Å². The first kappa shape index (κ1) is 9.36. The van der Waals surface area contributed by atoms with Gasteiger partial charge in [-0.15, -0.1) is 0 Å². The van der Waals surface area contributed by atoms with E-state index in [2.05, 4.69) is 20.2 Å². The molecule has 0 aliphatic carbocycles. The molecule has 0 amide bonds. The lowest BCUT2D eigenvalue weighted by atomic mass is 10.0. The quantitative estimate of drug-likeness (QED) is 0.766. The first-order valence-electron chi connectivity index (χ1n) is 5.26. The lowest BCUT2D eigenvalue weighted by molar-refractivity contribution is 0.533. The van der Waals surface area contributed by atoms with Crippen LogP contribution >= 0.6 is 11.6 Å². The normalized spacial score (nSPS) is 29.5. The summed E-state index contributed by atoms with van der Waals surface area (Å²) in [4.78, 5) is 10.4. The van der Waals surface area contributed by atoms with Crippen LogP contribution in [0.4, 0.5) is 5.82 Å². The Kier molecular flexibility index (Phi) is 2.25. The van der Waals surface area contributed by atoms with Crippen molar-refractivity contribution >= 4 is 17.4 Å². The first-order chi connectivity index (χ1) is 7.34. The SMILES string of the molecule is Clc1cncnc1N1CC2CNCC2C1. The average Bonchev–Trinajstić information content (AvgIpc) is 2.77. The lowest BCUT2D eigenvalue weighted by Gasteiger charge is -2.18. The molecule has 2 saturated heterocycles. The van der Waals surface area contributed by atoms with E-state index in [9.17, 15) is 0 Å². The highest BCUT2D eigenvalue weighted by atomic mass is 35.5. The molecule has 0 spiro atoms. The fourth-order valence-electron chi connectivity index (χ4n) is 2.57. The zero-order valence-corrected chi connectivity index (χ0v) is 9.11. The molecule has 1 N–H and O–H groups in total. The van der Waals surface area contributed by atoms with Gasteiger partial charge in [-0.05, 0) is 11.8 Å². The van der Waals surface area contributed by atoms with Crippen molar-refractivity contribution in [3.8, 4) is 0 Å². The second-order valence-electron chi connectivity index (χ2n) is 4.28. The van der Waals surface area contributed by atoms with Gasteiger partial charge in [-0.3, -0.25) is 0 Å². The molecule has 80 valence electrons. The Labute approximate surface area is 93.7 Å². The van der Waals surface area contributed by atoms with Crippen molar-refractivity contribution in [2.24, 2.45) is 11.8 Å². The molecule has 2 aliphatic heterocycles. The molecule has 1 aromatic heterocycles. The van der Waals surface area contributed by atoms with Gasteiger partial charge in [-0.2, -0.15) is 0 Å². The maximum Gasteiger partial charge on any atom is 0.150 e. The monoisotopic (exact) mass is 224 g/mol. The first-order valence-corrected chi connectivity index (χ1v) is 5.63. The van der Waals surface area contributed by atoms with Gasteiger partial charge in [0.15, 0.2) is 5.82 Å². The zero-order chi connectivity index (χ0) is 10.3. The van der Waals surface area contributed by atoms with E-state index in [1.807, 2.05) is 0 Å². The molecule has 2 fully saturated rings. The molecule has 5 heteroatoms. The van der Waals surface area contributed by atoms with Crippen LogP contribution in [0.15, 0.2) is 12.5 Å². The van der Waals surface area contributed by atoms with Gasteiger partial charge in [0.05, 0.1) is 6.20 Å². The Morgan fingerprint density at radius 3 is 2.73 bits per heavy atom. The summed E-state index contributed by atoms with van der Waals surface area (Å²) in [6.07, 6.45) is 3.23. The molecular weight excluding hydrogens is 212 g/mol. The average molecular weight is 225 g/mol. The van der Waals surface area contributed by atoms with E-state index < -0.39 is 0 Å². The minimum atomic E-state index is 0.658.